The fraction of sp³-hybridized carbons (Fsp3) is 0.292. The third kappa shape index (κ3) is 3.49. The quantitative estimate of drug-likeness (QED) is 0.506. The van der Waals surface area contributed by atoms with Gasteiger partial charge in [-0.2, -0.15) is 13.2 Å². The highest BCUT2D eigenvalue weighted by atomic mass is 19.4. The fourth-order valence-electron chi connectivity index (χ4n) is 4.71. The molecular weight excluding hydrogens is 417 g/mol. The SMILES string of the molecule is Cc1ccc2c(c1)NC1(CCN(C(=O)Nc3cccc(C(F)(F)F)c3)CC1)c1cccn1-2. The third-order valence-electron chi connectivity index (χ3n) is 6.37. The summed E-state index contributed by atoms with van der Waals surface area (Å²) in [5.41, 5.74) is 3.55. The number of fused-ring (bicyclic) bond motifs is 4. The Morgan fingerprint density at radius 1 is 1.06 bits per heavy atom. The summed E-state index contributed by atoms with van der Waals surface area (Å²) in [6.07, 6.45) is -1.01. The largest absolute Gasteiger partial charge is 0.416 e. The molecule has 0 atom stereocenters. The topological polar surface area (TPSA) is 49.3 Å². The van der Waals surface area contributed by atoms with Gasteiger partial charge in [0.25, 0.3) is 0 Å². The summed E-state index contributed by atoms with van der Waals surface area (Å²) in [4.78, 5) is 14.4. The second-order valence-corrected chi connectivity index (χ2v) is 8.49. The standard InChI is InChI=1S/C24H23F3N4O/c1-16-7-8-20-19(14-16)29-23(21-6-3-11-31(20)21)9-12-30(13-10-23)22(32)28-18-5-2-4-17(15-18)24(25,26)27/h2-8,11,14-15,29H,9-10,12-13H2,1H3,(H,28,32). The Morgan fingerprint density at radius 3 is 2.59 bits per heavy atom. The maximum atomic E-state index is 13.0. The highest BCUT2D eigenvalue weighted by Crippen LogP contribution is 2.43. The van der Waals surface area contributed by atoms with Gasteiger partial charge in [-0.1, -0.05) is 12.1 Å². The van der Waals surface area contributed by atoms with Crippen molar-refractivity contribution in [3.05, 3.63) is 77.6 Å². The lowest BCUT2D eigenvalue weighted by Crippen LogP contribution is -2.51. The number of nitrogens with zero attached hydrogens (tertiary/aromatic N) is 2. The number of halogens is 3. The summed E-state index contributed by atoms with van der Waals surface area (Å²) in [7, 11) is 0. The molecule has 0 unspecified atom stereocenters. The normalized spacial score (nSPS) is 16.8. The number of anilines is 2. The van der Waals surface area contributed by atoms with Crippen molar-refractivity contribution in [2.24, 2.45) is 0 Å². The molecule has 1 saturated heterocycles. The van der Waals surface area contributed by atoms with Crippen LogP contribution < -0.4 is 10.6 Å². The number of nitrogens with one attached hydrogen (secondary N) is 2. The predicted octanol–water partition coefficient (Wildman–Crippen LogP) is 5.75. The lowest BCUT2D eigenvalue weighted by atomic mass is 9.82. The van der Waals surface area contributed by atoms with E-state index in [1.54, 1.807) is 4.90 Å². The summed E-state index contributed by atoms with van der Waals surface area (Å²) in [5, 5.41) is 6.34. The van der Waals surface area contributed by atoms with Crippen LogP contribution in [0.2, 0.25) is 0 Å². The van der Waals surface area contributed by atoms with Gasteiger partial charge in [0.15, 0.2) is 0 Å². The van der Waals surface area contributed by atoms with E-state index in [1.807, 2.05) is 6.07 Å². The van der Waals surface area contributed by atoms with Crippen molar-refractivity contribution in [2.75, 3.05) is 23.7 Å². The smallest absolute Gasteiger partial charge is 0.372 e. The summed E-state index contributed by atoms with van der Waals surface area (Å²) >= 11 is 0. The molecule has 166 valence electrons. The first-order valence-corrected chi connectivity index (χ1v) is 10.6. The van der Waals surface area contributed by atoms with Crippen molar-refractivity contribution in [1.29, 1.82) is 0 Å². The average Bonchev–Trinajstić information content (AvgIpc) is 3.25. The van der Waals surface area contributed by atoms with Gasteiger partial charge in [-0.3, -0.25) is 0 Å². The van der Waals surface area contributed by atoms with Crippen molar-refractivity contribution in [3.8, 4) is 5.69 Å². The lowest BCUT2D eigenvalue weighted by molar-refractivity contribution is -0.137. The maximum Gasteiger partial charge on any atom is 0.416 e. The number of piperidine rings is 1. The second kappa shape index (κ2) is 7.32. The van der Waals surface area contributed by atoms with Gasteiger partial charge in [-0.25, -0.2) is 4.79 Å². The van der Waals surface area contributed by atoms with Crippen LogP contribution in [0.4, 0.5) is 29.3 Å². The third-order valence-corrected chi connectivity index (χ3v) is 6.37. The molecule has 3 aromatic rings. The van der Waals surface area contributed by atoms with E-state index in [0.717, 1.165) is 29.2 Å². The zero-order chi connectivity index (χ0) is 22.5. The van der Waals surface area contributed by atoms with E-state index in [1.165, 1.54) is 17.7 Å². The number of alkyl halides is 3. The van der Waals surface area contributed by atoms with Gasteiger partial charge in [0.2, 0.25) is 0 Å². The summed E-state index contributed by atoms with van der Waals surface area (Å²) in [5.74, 6) is 0. The highest BCUT2D eigenvalue weighted by Gasteiger charge is 2.42. The molecule has 0 bridgehead atoms. The molecule has 32 heavy (non-hydrogen) atoms. The minimum Gasteiger partial charge on any atom is -0.372 e. The van der Waals surface area contributed by atoms with Crippen LogP contribution in [0.1, 0.15) is 29.7 Å². The molecular formula is C24H23F3N4O. The molecule has 5 nitrogen and oxygen atoms in total. The Hall–Kier alpha value is -3.42. The number of urea groups is 1. The van der Waals surface area contributed by atoms with E-state index in [-0.39, 0.29) is 17.3 Å². The van der Waals surface area contributed by atoms with Crippen LogP contribution in [0.25, 0.3) is 5.69 Å². The molecule has 2 amide bonds. The number of likely N-dealkylation sites (tertiary alicyclic amines) is 1. The number of hydrogen-bond acceptors (Lipinski definition) is 2. The zero-order valence-corrected chi connectivity index (χ0v) is 17.5. The number of aromatic nitrogens is 1. The van der Waals surface area contributed by atoms with Crippen LogP contribution in [-0.4, -0.2) is 28.6 Å². The van der Waals surface area contributed by atoms with Crippen molar-refractivity contribution in [1.82, 2.24) is 9.47 Å². The predicted molar refractivity (Wildman–Crippen MR) is 117 cm³/mol. The van der Waals surface area contributed by atoms with Crippen LogP contribution in [-0.2, 0) is 11.7 Å². The average molecular weight is 440 g/mol. The molecule has 3 heterocycles. The molecule has 0 saturated carbocycles. The van der Waals surface area contributed by atoms with E-state index in [2.05, 4.69) is 52.6 Å². The molecule has 1 aromatic heterocycles. The number of benzene rings is 2. The van der Waals surface area contributed by atoms with Gasteiger partial charge in [-0.05, 0) is 67.8 Å². The van der Waals surface area contributed by atoms with Gasteiger partial charge in [-0.15, -0.1) is 0 Å². The Balaban J connectivity index is 1.32. The first kappa shape index (κ1) is 20.5. The van der Waals surface area contributed by atoms with Crippen LogP contribution in [0.3, 0.4) is 0 Å². The van der Waals surface area contributed by atoms with Gasteiger partial charge < -0.3 is 20.1 Å². The van der Waals surface area contributed by atoms with E-state index in [9.17, 15) is 18.0 Å². The molecule has 8 heteroatoms. The minimum absolute atomic E-state index is 0.138. The molecule has 1 spiro atoms. The number of carbonyl (C=O) groups is 1. The summed E-state index contributed by atoms with van der Waals surface area (Å²) < 4.78 is 41.1. The van der Waals surface area contributed by atoms with Crippen molar-refractivity contribution in [2.45, 2.75) is 31.5 Å². The lowest BCUT2D eigenvalue weighted by Gasteiger charge is -2.46. The zero-order valence-electron chi connectivity index (χ0n) is 17.5. The molecule has 2 aliphatic rings. The Labute approximate surface area is 183 Å². The van der Waals surface area contributed by atoms with Crippen molar-refractivity contribution in [3.63, 3.8) is 0 Å². The van der Waals surface area contributed by atoms with E-state index < -0.39 is 11.7 Å². The summed E-state index contributed by atoms with van der Waals surface area (Å²) in [6, 6.07) is 14.8. The van der Waals surface area contributed by atoms with Gasteiger partial charge in [0.1, 0.15) is 0 Å². The molecule has 0 aliphatic carbocycles. The van der Waals surface area contributed by atoms with E-state index in [0.29, 0.717) is 25.9 Å². The number of carbonyl (C=O) groups excluding carboxylic acids is 1. The minimum atomic E-state index is -4.45. The Kier molecular flexibility index (Phi) is 4.69. The van der Waals surface area contributed by atoms with E-state index in [4.69, 9.17) is 0 Å². The van der Waals surface area contributed by atoms with Gasteiger partial charge in [0, 0.05) is 30.7 Å². The fourth-order valence-corrected chi connectivity index (χ4v) is 4.71. The van der Waals surface area contributed by atoms with Gasteiger partial charge in [0.05, 0.1) is 22.5 Å². The molecule has 2 aromatic carbocycles. The van der Waals surface area contributed by atoms with Crippen molar-refractivity contribution >= 4 is 17.4 Å². The first-order chi connectivity index (χ1) is 15.2. The molecule has 0 radical (unpaired) electrons. The molecule has 5 rings (SSSR count). The second-order valence-electron chi connectivity index (χ2n) is 8.49. The Bertz CT molecular complexity index is 1180. The monoisotopic (exact) mass is 440 g/mol. The number of rotatable bonds is 1. The van der Waals surface area contributed by atoms with Crippen LogP contribution in [0.15, 0.2) is 60.8 Å². The summed E-state index contributed by atoms with van der Waals surface area (Å²) in [6.45, 7) is 3.04. The van der Waals surface area contributed by atoms with Crippen LogP contribution in [0, 0.1) is 6.92 Å². The first-order valence-electron chi connectivity index (χ1n) is 10.6. The molecule has 1 fully saturated rings. The van der Waals surface area contributed by atoms with Crippen LogP contribution >= 0.6 is 0 Å². The highest BCUT2D eigenvalue weighted by molar-refractivity contribution is 5.89. The maximum absolute atomic E-state index is 13.0. The number of aryl methyl sites for hydroxylation is 1. The number of hydrogen-bond donors (Lipinski definition) is 2. The molecule has 2 aliphatic heterocycles. The number of amides is 2. The van der Waals surface area contributed by atoms with Crippen molar-refractivity contribution < 1.29 is 18.0 Å². The van der Waals surface area contributed by atoms with Crippen LogP contribution in [0.5, 0.6) is 0 Å². The molecule has 2 N–H and O–H groups in total. The van der Waals surface area contributed by atoms with E-state index >= 15 is 0 Å². The van der Waals surface area contributed by atoms with Gasteiger partial charge >= 0.3 is 12.2 Å². The Morgan fingerprint density at radius 2 is 1.84 bits per heavy atom.